The summed E-state index contributed by atoms with van der Waals surface area (Å²) in [5, 5.41) is 0. The van der Waals surface area contributed by atoms with Crippen LogP contribution < -0.4 is 9.47 Å². The lowest BCUT2D eigenvalue weighted by Gasteiger charge is -2.30. The zero-order chi connectivity index (χ0) is 28.9. The summed E-state index contributed by atoms with van der Waals surface area (Å²) >= 11 is 0. The lowest BCUT2D eigenvalue weighted by Crippen LogP contribution is -2.39. The number of benzene rings is 3. The second kappa shape index (κ2) is 12.8. The van der Waals surface area contributed by atoms with Crippen molar-refractivity contribution in [2.24, 2.45) is 0 Å². The number of hydrogen-bond donors (Lipinski definition) is 0. The van der Waals surface area contributed by atoms with Crippen LogP contribution >= 0.6 is 0 Å². The minimum absolute atomic E-state index is 0.127. The topological polar surface area (TPSA) is 39.5 Å². The third kappa shape index (κ3) is 7.16. The summed E-state index contributed by atoms with van der Waals surface area (Å²) in [6.45, 7) is 13.1. The maximum absolute atomic E-state index is 13.2. The number of ether oxygens (including phenoxy) is 2. The van der Waals surface area contributed by atoms with Crippen LogP contribution in [0.25, 0.3) is 22.4 Å². The Morgan fingerprint density at radius 1 is 0.875 bits per heavy atom. The summed E-state index contributed by atoms with van der Waals surface area (Å²) in [7, 11) is 0. The molecule has 0 saturated carbocycles. The highest BCUT2D eigenvalue weighted by Gasteiger charge is 2.30. The molecule has 0 aliphatic rings. The van der Waals surface area contributed by atoms with Crippen LogP contribution in [0.2, 0.25) is 0 Å². The first-order chi connectivity index (χ1) is 19.1. The number of halogens is 3. The summed E-state index contributed by atoms with van der Waals surface area (Å²) in [4.78, 5) is 7.32. The molecule has 3 aromatic carbocycles. The number of aromatic nitrogens is 2. The Bertz CT molecular complexity index is 1400. The SMILES string of the molecule is CCCCn1c(-c2cccc(Oc3cccc(C(F)(F)F)c3)c2)nc2ccc(OCCN(C(C)C)C(C)C)cc21. The van der Waals surface area contributed by atoms with Gasteiger partial charge >= 0.3 is 6.18 Å². The van der Waals surface area contributed by atoms with Crippen molar-refractivity contribution in [3.8, 4) is 28.6 Å². The normalized spacial score (nSPS) is 12.2. The number of imidazole rings is 1. The van der Waals surface area contributed by atoms with Crippen molar-refractivity contribution >= 4 is 11.0 Å². The van der Waals surface area contributed by atoms with E-state index in [4.69, 9.17) is 14.5 Å². The van der Waals surface area contributed by atoms with Gasteiger partial charge in [0.15, 0.2) is 0 Å². The predicted octanol–water partition coefficient (Wildman–Crippen LogP) is 8.81. The highest BCUT2D eigenvalue weighted by molar-refractivity contribution is 5.82. The molecule has 4 rings (SSSR count). The number of alkyl halides is 3. The molecule has 0 atom stereocenters. The molecule has 214 valence electrons. The van der Waals surface area contributed by atoms with Gasteiger partial charge in [0.1, 0.15) is 29.7 Å². The van der Waals surface area contributed by atoms with Crippen molar-refractivity contribution in [2.75, 3.05) is 13.2 Å². The van der Waals surface area contributed by atoms with Gasteiger partial charge in [-0.05, 0) is 76.6 Å². The van der Waals surface area contributed by atoms with Crippen molar-refractivity contribution in [2.45, 2.75) is 72.3 Å². The Balaban J connectivity index is 1.61. The van der Waals surface area contributed by atoms with Crippen LogP contribution in [-0.2, 0) is 12.7 Å². The monoisotopic (exact) mass is 553 g/mol. The largest absolute Gasteiger partial charge is 0.492 e. The van der Waals surface area contributed by atoms with E-state index in [1.54, 1.807) is 6.07 Å². The molecule has 1 aromatic heterocycles. The molecule has 5 nitrogen and oxygen atoms in total. The van der Waals surface area contributed by atoms with E-state index in [-0.39, 0.29) is 5.75 Å². The molecule has 0 aliphatic heterocycles. The summed E-state index contributed by atoms with van der Waals surface area (Å²) in [6, 6.07) is 19.0. The predicted molar refractivity (Wildman–Crippen MR) is 154 cm³/mol. The molecule has 0 radical (unpaired) electrons. The fourth-order valence-electron chi connectivity index (χ4n) is 4.91. The molecule has 8 heteroatoms. The van der Waals surface area contributed by atoms with E-state index in [0.29, 0.717) is 24.4 Å². The summed E-state index contributed by atoms with van der Waals surface area (Å²) in [5.74, 6) is 2.14. The van der Waals surface area contributed by atoms with E-state index in [9.17, 15) is 13.2 Å². The Morgan fingerprint density at radius 2 is 1.57 bits per heavy atom. The lowest BCUT2D eigenvalue weighted by atomic mass is 10.2. The third-order valence-corrected chi connectivity index (χ3v) is 6.89. The van der Waals surface area contributed by atoms with E-state index in [2.05, 4.69) is 44.1 Å². The van der Waals surface area contributed by atoms with Gasteiger partial charge < -0.3 is 14.0 Å². The van der Waals surface area contributed by atoms with Gasteiger partial charge in [-0.2, -0.15) is 13.2 Å². The van der Waals surface area contributed by atoms with E-state index >= 15 is 0 Å². The molecular weight excluding hydrogens is 515 g/mol. The van der Waals surface area contributed by atoms with Gasteiger partial charge in [0, 0.05) is 36.8 Å². The van der Waals surface area contributed by atoms with Gasteiger partial charge in [0.05, 0.1) is 16.6 Å². The van der Waals surface area contributed by atoms with Crippen molar-refractivity contribution in [3.05, 3.63) is 72.3 Å². The average Bonchev–Trinajstić information content (AvgIpc) is 3.27. The van der Waals surface area contributed by atoms with Gasteiger partial charge in [0.25, 0.3) is 0 Å². The highest BCUT2D eigenvalue weighted by Crippen LogP contribution is 2.34. The van der Waals surface area contributed by atoms with Gasteiger partial charge in [0.2, 0.25) is 0 Å². The zero-order valence-electron chi connectivity index (χ0n) is 23.8. The maximum Gasteiger partial charge on any atom is 0.416 e. The minimum atomic E-state index is -4.43. The molecule has 0 fully saturated rings. The summed E-state index contributed by atoms with van der Waals surface area (Å²) < 4.78 is 53.6. The Kier molecular flexibility index (Phi) is 9.40. The van der Waals surface area contributed by atoms with Gasteiger partial charge in [-0.15, -0.1) is 0 Å². The van der Waals surface area contributed by atoms with Crippen LogP contribution in [0.4, 0.5) is 13.2 Å². The Morgan fingerprint density at radius 3 is 2.25 bits per heavy atom. The molecule has 4 aromatic rings. The van der Waals surface area contributed by atoms with Crippen LogP contribution in [0.3, 0.4) is 0 Å². The first-order valence-corrected chi connectivity index (χ1v) is 13.9. The summed E-state index contributed by atoms with van der Waals surface area (Å²) in [5.41, 5.74) is 1.91. The van der Waals surface area contributed by atoms with Gasteiger partial charge in [-0.1, -0.05) is 31.5 Å². The Hall–Kier alpha value is -3.52. The summed E-state index contributed by atoms with van der Waals surface area (Å²) in [6.07, 6.45) is -2.44. The van der Waals surface area contributed by atoms with Crippen molar-refractivity contribution in [1.82, 2.24) is 14.5 Å². The van der Waals surface area contributed by atoms with Crippen molar-refractivity contribution in [3.63, 3.8) is 0 Å². The number of hydrogen-bond acceptors (Lipinski definition) is 4. The molecule has 0 unspecified atom stereocenters. The molecule has 0 aliphatic carbocycles. The van der Waals surface area contributed by atoms with Crippen LogP contribution in [0.15, 0.2) is 66.7 Å². The molecule has 0 saturated heterocycles. The lowest BCUT2D eigenvalue weighted by molar-refractivity contribution is -0.137. The number of unbranched alkanes of at least 4 members (excludes halogenated alkanes) is 1. The first kappa shape index (κ1) is 29.5. The van der Waals surface area contributed by atoms with Crippen LogP contribution in [0.1, 0.15) is 53.0 Å². The molecule has 0 N–H and O–H groups in total. The standard InChI is InChI=1S/C32H38F3N3O2/c1-6-7-16-38-30-21-26(39-18-17-37(22(2)3)23(4)5)14-15-29(30)36-31(38)24-10-8-12-27(19-24)40-28-13-9-11-25(20-28)32(33,34)35/h8-15,19-23H,6-7,16-18H2,1-5H3. The third-order valence-electron chi connectivity index (χ3n) is 6.89. The second-order valence-electron chi connectivity index (χ2n) is 10.5. The van der Waals surface area contributed by atoms with E-state index in [1.165, 1.54) is 12.1 Å². The van der Waals surface area contributed by atoms with Crippen LogP contribution in [0.5, 0.6) is 17.2 Å². The van der Waals surface area contributed by atoms with Crippen LogP contribution in [-0.4, -0.2) is 39.7 Å². The smallest absolute Gasteiger partial charge is 0.416 e. The van der Waals surface area contributed by atoms with Crippen molar-refractivity contribution in [1.29, 1.82) is 0 Å². The molecular formula is C32H38F3N3O2. The fourth-order valence-corrected chi connectivity index (χ4v) is 4.91. The quantitative estimate of drug-likeness (QED) is 0.176. The number of fused-ring (bicyclic) bond motifs is 1. The van der Waals surface area contributed by atoms with E-state index in [0.717, 1.165) is 66.2 Å². The maximum atomic E-state index is 13.2. The van der Waals surface area contributed by atoms with E-state index < -0.39 is 11.7 Å². The molecule has 0 spiro atoms. The zero-order valence-corrected chi connectivity index (χ0v) is 23.8. The molecule has 1 heterocycles. The second-order valence-corrected chi connectivity index (χ2v) is 10.5. The minimum Gasteiger partial charge on any atom is -0.492 e. The number of rotatable bonds is 12. The fraction of sp³-hybridized carbons (Fsp3) is 0.406. The number of nitrogens with zero attached hydrogens (tertiary/aromatic N) is 3. The molecule has 0 bridgehead atoms. The van der Waals surface area contributed by atoms with Gasteiger partial charge in [-0.3, -0.25) is 4.90 Å². The van der Waals surface area contributed by atoms with Crippen LogP contribution in [0, 0.1) is 0 Å². The highest BCUT2D eigenvalue weighted by atomic mass is 19.4. The van der Waals surface area contributed by atoms with E-state index in [1.807, 2.05) is 36.4 Å². The van der Waals surface area contributed by atoms with Gasteiger partial charge in [-0.25, -0.2) is 4.98 Å². The number of aryl methyl sites for hydroxylation is 1. The molecule has 40 heavy (non-hydrogen) atoms. The first-order valence-electron chi connectivity index (χ1n) is 13.9. The average molecular weight is 554 g/mol. The Labute approximate surface area is 234 Å². The molecule has 0 amide bonds. The van der Waals surface area contributed by atoms with Crippen molar-refractivity contribution < 1.29 is 22.6 Å².